The van der Waals surface area contributed by atoms with Crippen LogP contribution in [0.25, 0.3) is 10.7 Å². The van der Waals surface area contributed by atoms with Gasteiger partial charge in [-0.15, -0.1) is 0 Å². The van der Waals surface area contributed by atoms with E-state index < -0.39 is 26.0 Å². The zero-order valence-corrected chi connectivity index (χ0v) is 22.2. The predicted octanol–water partition coefficient (Wildman–Crippen LogP) is 5.10. The van der Waals surface area contributed by atoms with Crippen LogP contribution in [0.4, 0.5) is 5.69 Å². The fourth-order valence-electron chi connectivity index (χ4n) is 3.79. The summed E-state index contributed by atoms with van der Waals surface area (Å²) in [5.74, 6) is -0.995. The molecule has 1 aromatic heterocycles. The molecule has 0 atom stereocenters. The van der Waals surface area contributed by atoms with Gasteiger partial charge in [-0.05, 0) is 59.2 Å². The van der Waals surface area contributed by atoms with Gasteiger partial charge in [0, 0.05) is 31.3 Å². The number of pyridine rings is 1. The van der Waals surface area contributed by atoms with Crippen molar-refractivity contribution in [2.75, 3.05) is 11.9 Å². The van der Waals surface area contributed by atoms with Crippen molar-refractivity contribution in [2.24, 2.45) is 5.41 Å². The van der Waals surface area contributed by atoms with E-state index in [1.807, 2.05) is 0 Å². The van der Waals surface area contributed by atoms with Crippen LogP contribution in [0.5, 0.6) is 0 Å². The molecule has 3 rings (SSSR count). The summed E-state index contributed by atoms with van der Waals surface area (Å²) < 4.78 is 32.6. The minimum atomic E-state index is -4.09. The molecule has 0 unspecified atom stereocenters. The number of fused-ring (bicyclic) bond motifs is 1. The van der Waals surface area contributed by atoms with Crippen molar-refractivity contribution >= 4 is 49.7 Å². The van der Waals surface area contributed by atoms with Crippen LogP contribution in [0, 0.1) is 12.3 Å². The van der Waals surface area contributed by atoms with Crippen LogP contribution in [0.15, 0.2) is 30.5 Å². The molecule has 0 saturated carbocycles. The number of halogens is 1. The Labute approximate surface area is 205 Å². The first-order chi connectivity index (χ1) is 15.5. The molecule has 0 fully saturated rings. The van der Waals surface area contributed by atoms with Crippen LogP contribution in [0.1, 0.15) is 63.9 Å². The summed E-state index contributed by atoms with van der Waals surface area (Å²) >= 11 is 6.41. The molecule has 1 aromatic carbocycles. The van der Waals surface area contributed by atoms with E-state index in [0.717, 1.165) is 0 Å². The van der Waals surface area contributed by atoms with Crippen LogP contribution in [-0.2, 0) is 28.9 Å². The minimum absolute atomic E-state index is 0.128. The summed E-state index contributed by atoms with van der Waals surface area (Å²) in [6.07, 6.45) is 1.53. The number of esters is 1. The van der Waals surface area contributed by atoms with E-state index in [1.54, 1.807) is 66.8 Å². The standard InChI is InChI=1S/C25H29ClN2O5S/c1-14-16(11-12-18(26)20(14)28(8)15(2)29)22-21(33-23(30)24(3,4)5)19-17(10-9-13-27-19)25(6,7)34(22,31)32/h9-13H,1-8H3. The molecular formula is C25H29ClN2O5S. The maximum Gasteiger partial charge on any atom is 0.316 e. The van der Waals surface area contributed by atoms with E-state index in [-0.39, 0.29) is 27.8 Å². The number of benzene rings is 1. The molecule has 0 saturated heterocycles. The molecule has 9 heteroatoms. The molecule has 1 aliphatic rings. The normalized spacial score (nSPS) is 16.6. The van der Waals surface area contributed by atoms with E-state index >= 15 is 0 Å². The minimum Gasteiger partial charge on any atom is -0.422 e. The summed E-state index contributed by atoms with van der Waals surface area (Å²) in [5, 5.41) is 0.291. The highest BCUT2D eigenvalue weighted by molar-refractivity contribution is 8.01. The highest BCUT2D eigenvalue weighted by Crippen LogP contribution is 2.50. The third-order valence-corrected chi connectivity index (χ3v) is 8.87. The van der Waals surface area contributed by atoms with Crippen molar-refractivity contribution < 1.29 is 22.7 Å². The van der Waals surface area contributed by atoms with Gasteiger partial charge < -0.3 is 9.64 Å². The molecule has 182 valence electrons. The summed E-state index contributed by atoms with van der Waals surface area (Å²) in [6.45, 7) is 11.3. The molecule has 2 heterocycles. The predicted molar refractivity (Wildman–Crippen MR) is 134 cm³/mol. The number of hydrogen-bond donors (Lipinski definition) is 0. The lowest BCUT2D eigenvalue weighted by Gasteiger charge is -2.35. The highest BCUT2D eigenvalue weighted by atomic mass is 35.5. The van der Waals surface area contributed by atoms with Gasteiger partial charge in [0.2, 0.25) is 5.91 Å². The molecule has 1 amide bonds. The lowest BCUT2D eigenvalue weighted by Crippen LogP contribution is -2.36. The topological polar surface area (TPSA) is 93.6 Å². The van der Waals surface area contributed by atoms with Gasteiger partial charge >= 0.3 is 5.97 Å². The second kappa shape index (κ2) is 8.50. The number of carbonyl (C=O) groups excluding carboxylic acids is 2. The Morgan fingerprint density at radius 2 is 1.76 bits per heavy atom. The Hall–Kier alpha value is -2.71. The fraction of sp³-hybridized carbons (Fsp3) is 0.400. The molecule has 2 aromatic rings. The molecular weight excluding hydrogens is 476 g/mol. The Bertz CT molecular complexity index is 1340. The third-order valence-electron chi connectivity index (χ3n) is 6.06. The first-order valence-corrected chi connectivity index (χ1v) is 12.6. The number of ether oxygens (including phenoxy) is 1. The maximum absolute atomic E-state index is 14.1. The number of rotatable bonds is 3. The van der Waals surface area contributed by atoms with Crippen LogP contribution in [0.3, 0.4) is 0 Å². The van der Waals surface area contributed by atoms with Gasteiger partial charge in [0.05, 0.1) is 20.9 Å². The smallest absolute Gasteiger partial charge is 0.316 e. The van der Waals surface area contributed by atoms with Gasteiger partial charge in [-0.2, -0.15) is 0 Å². The quantitative estimate of drug-likeness (QED) is 0.539. The molecule has 7 nitrogen and oxygen atoms in total. The van der Waals surface area contributed by atoms with Gasteiger partial charge in [0.25, 0.3) is 0 Å². The number of carbonyl (C=O) groups is 2. The van der Waals surface area contributed by atoms with Crippen LogP contribution >= 0.6 is 11.6 Å². The number of nitrogens with zero attached hydrogens (tertiary/aromatic N) is 2. The molecule has 0 N–H and O–H groups in total. The van der Waals surface area contributed by atoms with E-state index in [0.29, 0.717) is 21.8 Å². The molecule has 34 heavy (non-hydrogen) atoms. The zero-order chi connectivity index (χ0) is 25.8. The first kappa shape index (κ1) is 25.9. The molecule has 0 bridgehead atoms. The third kappa shape index (κ3) is 4.03. The van der Waals surface area contributed by atoms with E-state index in [2.05, 4.69) is 4.98 Å². The SMILES string of the molecule is CC(=O)N(C)c1c(Cl)ccc(C2=C(OC(=O)C(C)(C)C)c3ncccc3C(C)(C)S2(=O)=O)c1C. The van der Waals surface area contributed by atoms with Crippen molar-refractivity contribution in [3.8, 4) is 0 Å². The Morgan fingerprint density at radius 3 is 2.32 bits per heavy atom. The maximum atomic E-state index is 14.1. The zero-order valence-electron chi connectivity index (χ0n) is 20.6. The average Bonchev–Trinajstić information content (AvgIpc) is 2.72. The van der Waals surface area contributed by atoms with Crippen LogP contribution in [0.2, 0.25) is 5.02 Å². The van der Waals surface area contributed by atoms with Gasteiger partial charge in [-0.25, -0.2) is 8.42 Å². The highest BCUT2D eigenvalue weighted by Gasteiger charge is 2.49. The van der Waals surface area contributed by atoms with Gasteiger partial charge in [-0.3, -0.25) is 14.6 Å². The van der Waals surface area contributed by atoms with Crippen molar-refractivity contribution in [1.82, 2.24) is 4.98 Å². The van der Waals surface area contributed by atoms with Crippen LogP contribution in [-0.4, -0.2) is 32.3 Å². The number of hydrogen-bond acceptors (Lipinski definition) is 6. The summed E-state index contributed by atoms with van der Waals surface area (Å²) in [5.41, 5.74) is 0.949. The molecule has 0 radical (unpaired) electrons. The van der Waals surface area contributed by atoms with Gasteiger partial charge in [0.1, 0.15) is 10.6 Å². The van der Waals surface area contributed by atoms with Gasteiger partial charge in [0.15, 0.2) is 15.6 Å². The van der Waals surface area contributed by atoms with Crippen molar-refractivity contribution in [3.05, 3.63) is 57.9 Å². The molecule has 0 spiro atoms. The fourth-order valence-corrected chi connectivity index (χ4v) is 5.98. The lowest BCUT2D eigenvalue weighted by molar-refractivity contribution is -0.145. The van der Waals surface area contributed by atoms with Crippen molar-refractivity contribution in [2.45, 2.75) is 53.2 Å². The lowest BCUT2D eigenvalue weighted by atomic mass is 9.95. The Kier molecular flexibility index (Phi) is 6.48. The van der Waals surface area contributed by atoms with Crippen LogP contribution < -0.4 is 4.90 Å². The summed E-state index contributed by atoms with van der Waals surface area (Å²) in [6, 6.07) is 6.42. The number of aromatic nitrogens is 1. The van der Waals surface area contributed by atoms with E-state index in [4.69, 9.17) is 16.3 Å². The first-order valence-electron chi connectivity index (χ1n) is 10.7. The second-order valence-electron chi connectivity index (χ2n) is 9.86. The summed E-state index contributed by atoms with van der Waals surface area (Å²) in [4.78, 5) is 30.7. The van der Waals surface area contributed by atoms with E-state index in [1.165, 1.54) is 24.1 Å². The molecule has 0 aliphatic carbocycles. The number of anilines is 1. The number of sulfone groups is 1. The largest absolute Gasteiger partial charge is 0.422 e. The Balaban J connectivity index is 2.49. The van der Waals surface area contributed by atoms with Crippen molar-refractivity contribution in [3.63, 3.8) is 0 Å². The van der Waals surface area contributed by atoms with E-state index in [9.17, 15) is 18.0 Å². The number of amides is 1. The molecule has 1 aliphatic heterocycles. The average molecular weight is 505 g/mol. The second-order valence-corrected chi connectivity index (χ2v) is 12.7. The summed E-state index contributed by atoms with van der Waals surface area (Å²) in [7, 11) is -2.53. The van der Waals surface area contributed by atoms with Gasteiger partial charge in [-0.1, -0.05) is 23.7 Å². The van der Waals surface area contributed by atoms with Crippen molar-refractivity contribution in [1.29, 1.82) is 0 Å². The monoisotopic (exact) mass is 504 g/mol. The Morgan fingerprint density at radius 1 is 1.15 bits per heavy atom.